The Morgan fingerprint density at radius 1 is 1.06 bits per heavy atom. The predicted octanol–water partition coefficient (Wildman–Crippen LogP) is 3.76. The Hall–Kier alpha value is -3.17. The van der Waals surface area contributed by atoms with E-state index in [4.69, 9.17) is 25.8 Å². The highest BCUT2D eigenvalue weighted by Gasteiger charge is 2.34. The van der Waals surface area contributed by atoms with Gasteiger partial charge in [-0.1, -0.05) is 23.7 Å². The van der Waals surface area contributed by atoms with Gasteiger partial charge < -0.3 is 19.5 Å². The van der Waals surface area contributed by atoms with E-state index in [9.17, 15) is 14.4 Å². The van der Waals surface area contributed by atoms with Crippen LogP contribution in [0.25, 0.3) is 6.08 Å². The number of ether oxygens (including phenoxy) is 3. The zero-order chi connectivity index (χ0) is 24.0. The molecule has 3 rings (SSSR count). The van der Waals surface area contributed by atoms with Crippen molar-refractivity contribution in [1.82, 2.24) is 10.2 Å². The second-order valence-corrected chi connectivity index (χ2v) is 8.37. The predicted molar refractivity (Wildman–Crippen MR) is 127 cm³/mol. The first-order valence-electron chi connectivity index (χ1n) is 9.92. The number of thioether (sulfide) groups is 1. The van der Waals surface area contributed by atoms with Crippen molar-refractivity contribution in [3.05, 3.63) is 57.5 Å². The average Bonchev–Trinajstić information content (AvgIpc) is 3.07. The highest BCUT2D eigenvalue weighted by Crippen LogP contribution is 2.40. The third-order valence-electron chi connectivity index (χ3n) is 4.79. The number of hydrogen-bond acceptors (Lipinski definition) is 7. The Morgan fingerprint density at radius 2 is 1.70 bits per heavy atom. The molecule has 1 N–H and O–H groups in total. The molecule has 0 spiro atoms. The second kappa shape index (κ2) is 11.1. The zero-order valence-corrected chi connectivity index (χ0v) is 19.9. The Balaban J connectivity index is 1.63. The van der Waals surface area contributed by atoms with Crippen molar-refractivity contribution in [3.63, 3.8) is 0 Å². The Bertz CT molecular complexity index is 1060. The van der Waals surface area contributed by atoms with Crippen molar-refractivity contribution < 1.29 is 28.6 Å². The molecule has 0 radical (unpaired) electrons. The minimum absolute atomic E-state index is 0.0730. The van der Waals surface area contributed by atoms with Crippen LogP contribution in [0.1, 0.15) is 11.1 Å². The number of carbonyl (C=O) groups excluding carboxylic acids is 3. The molecular formula is C23H23ClN2O6S. The summed E-state index contributed by atoms with van der Waals surface area (Å²) >= 11 is 6.68. The third kappa shape index (κ3) is 6.00. The summed E-state index contributed by atoms with van der Waals surface area (Å²) in [4.78, 5) is 38.6. The van der Waals surface area contributed by atoms with Gasteiger partial charge in [-0.25, -0.2) is 0 Å². The van der Waals surface area contributed by atoms with E-state index in [1.54, 1.807) is 42.5 Å². The maximum atomic E-state index is 12.8. The van der Waals surface area contributed by atoms with Gasteiger partial charge in [-0.3, -0.25) is 19.3 Å². The molecule has 1 aliphatic heterocycles. The molecule has 0 aromatic heterocycles. The van der Waals surface area contributed by atoms with Gasteiger partial charge in [0.15, 0.2) is 11.5 Å². The zero-order valence-electron chi connectivity index (χ0n) is 18.3. The minimum atomic E-state index is -0.425. The summed E-state index contributed by atoms with van der Waals surface area (Å²) in [6.45, 7) is 0.228. The first-order chi connectivity index (χ1) is 15.9. The molecule has 8 nitrogen and oxygen atoms in total. The van der Waals surface area contributed by atoms with Gasteiger partial charge >= 0.3 is 0 Å². The number of methoxy groups -OCH3 is 3. The summed E-state index contributed by atoms with van der Waals surface area (Å²) in [6.07, 6.45) is 1.77. The van der Waals surface area contributed by atoms with Gasteiger partial charge in [0, 0.05) is 18.1 Å². The van der Waals surface area contributed by atoms with Crippen molar-refractivity contribution in [1.29, 1.82) is 0 Å². The lowest BCUT2D eigenvalue weighted by Crippen LogP contribution is -2.37. The van der Waals surface area contributed by atoms with Crippen molar-refractivity contribution in [3.8, 4) is 17.2 Å². The van der Waals surface area contributed by atoms with Gasteiger partial charge in [0.25, 0.3) is 11.1 Å². The summed E-state index contributed by atoms with van der Waals surface area (Å²) in [6, 6.07) is 10.3. The van der Waals surface area contributed by atoms with Crippen LogP contribution in [-0.2, 0) is 16.0 Å². The molecule has 1 aliphatic rings. The van der Waals surface area contributed by atoms with Crippen LogP contribution in [0.3, 0.4) is 0 Å². The van der Waals surface area contributed by atoms with E-state index in [0.29, 0.717) is 27.8 Å². The number of benzene rings is 2. The molecule has 1 saturated heterocycles. The van der Waals surface area contributed by atoms with Crippen molar-refractivity contribution in [2.75, 3.05) is 34.4 Å². The van der Waals surface area contributed by atoms with E-state index in [1.807, 2.05) is 0 Å². The minimum Gasteiger partial charge on any atom is -0.493 e. The highest BCUT2D eigenvalue weighted by molar-refractivity contribution is 8.18. The van der Waals surface area contributed by atoms with Crippen LogP contribution in [0.2, 0.25) is 5.02 Å². The first kappa shape index (κ1) is 24.5. The molecule has 3 amide bonds. The monoisotopic (exact) mass is 490 g/mol. The topological polar surface area (TPSA) is 94.2 Å². The van der Waals surface area contributed by atoms with E-state index in [0.717, 1.165) is 22.2 Å². The van der Waals surface area contributed by atoms with Crippen LogP contribution in [-0.4, -0.2) is 56.4 Å². The molecule has 0 atom stereocenters. The van der Waals surface area contributed by atoms with E-state index in [2.05, 4.69) is 5.32 Å². The Labute approximate surface area is 200 Å². The van der Waals surface area contributed by atoms with E-state index in [-0.39, 0.29) is 30.3 Å². The maximum absolute atomic E-state index is 12.8. The smallest absolute Gasteiger partial charge is 0.293 e. The molecule has 1 fully saturated rings. The van der Waals surface area contributed by atoms with E-state index in [1.165, 1.54) is 21.3 Å². The lowest BCUT2D eigenvalue weighted by Gasteiger charge is -2.13. The quantitative estimate of drug-likeness (QED) is 0.535. The number of nitrogens with zero attached hydrogens (tertiary/aromatic N) is 1. The van der Waals surface area contributed by atoms with Crippen molar-refractivity contribution in [2.45, 2.75) is 6.42 Å². The number of nitrogens with one attached hydrogen (secondary N) is 1. The summed E-state index contributed by atoms with van der Waals surface area (Å²) in [5, 5.41) is 2.93. The lowest BCUT2D eigenvalue weighted by molar-refractivity contribution is -0.124. The molecule has 0 unspecified atom stereocenters. The van der Waals surface area contributed by atoms with Crippen LogP contribution in [0.5, 0.6) is 17.2 Å². The third-order valence-corrected chi connectivity index (χ3v) is 5.95. The standard InChI is InChI=1S/C23H23ClN2O6S/c1-30-17-10-15(11-18(31-2)21(17)32-3)12-19-22(28)26(23(29)33-19)9-8-25-20(27)13-14-4-6-16(24)7-5-14/h4-7,10-12H,8-9,13H2,1-3H3,(H,25,27)/b19-12-. The fourth-order valence-corrected chi connectivity index (χ4v) is 4.18. The molecule has 0 bridgehead atoms. The van der Waals surface area contributed by atoms with Gasteiger partial charge in [0.1, 0.15) is 0 Å². The number of carbonyl (C=O) groups is 3. The number of imide groups is 1. The molecule has 33 heavy (non-hydrogen) atoms. The Morgan fingerprint density at radius 3 is 2.27 bits per heavy atom. The van der Waals surface area contributed by atoms with Gasteiger partial charge in [-0.05, 0) is 53.2 Å². The van der Waals surface area contributed by atoms with Gasteiger partial charge in [-0.15, -0.1) is 0 Å². The summed E-state index contributed by atoms with van der Waals surface area (Å²) in [5.74, 6) is 0.666. The first-order valence-corrected chi connectivity index (χ1v) is 11.1. The molecule has 10 heteroatoms. The molecular weight excluding hydrogens is 468 g/mol. The molecule has 0 saturated carbocycles. The number of halogens is 1. The number of hydrogen-bond donors (Lipinski definition) is 1. The molecule has 174 valence electrons. The van der Waals surface area contributed by atoms with E-state index < -0.39 is 11.1 Å². The SMILES string of the molecule is COc1cc(/C=C2\SC(=O)N(CCNC(=O)Cc3ccc(Cl)cc3)C2=O)cc(OC)c1OC. The summed E-state index contributed by atoms with van der Waals surface area (Å²) < 4.78 is 16.0. The molecule has 0 aliphatic carbocycles. The molecule has 1 heterocycles. The van der Waals surface area contributed by atoms with Crippen LogP contribution in [0.4, 0.5) is 4.79 Å². The average molecular weight is 491 g/mol. The summed E-state index contributed by atoms with van der Waals surface area (Å²) in [7, 11) is 4.49. The second-order valence-electron chi connectivity index (χ2n) is 6.95. The van der Waals surface area contributed by atoms with Gasteiger partial charge in [0.2, 0.25) is 11.7 Å². The lowest BCUT2D eigenvalue weighted by atomic mass is 10.1. The van der Waals surface area contributed by atoms with Crippen molar-refractivity contribution in [2.24, 2.45) is 0 Å². The van der Waals surface area contributed by atoms with Crippen LogP contribution in [0.15, 0.2) is 41.3 Å². The van der Waals surface area contributed by atoms with Crippen LogP contribution >= 0.6 is 23.4 Å². The fraction of sp³-hybridized carbons (Fsp3) is 0.261. The van der Waals surface area contributed by atoms with Gasteiger partial charge in [-0.2, -0.15) is 0 Å². The normalized spacial score (nSPS) is 14.5. The fourth-order valence-electron chi connectivity index (χ4n) is 3.19. The highest BCUT2D eigenvalue weighted by atomic mass is 35.5. The van der Waals surface area contributed by atoms with Gasteiger partial charge in [0.05, 0.1) is 32.7 Å². The van der Waals surface area contributed by atoms with E-state index >= 15 is 0 Å². The molecule has 2 aromatic rings. The largest absolute Gasteiger partial charge is 0.493 e. The van der Waals surface area contributed by atoms with Crippen molar-refractivity contribution >= 4 is 46.5 Å². The molecule has 2 aromatic carbocycles. The number of rotatable bonds is 9. The summed E-state index contributed by atoms with van der Waals surface area (Å²) in [5.41, 5.74) is 1.43. The van der Waals surface area contributed by atoms with Crippen LogP contribution in [0, 0.1) is 0 Å². The maximum Gasteiger partial charge on any atom is 0.293 e. The number of amides is 3. The van der Waals surface area contributed by atoms with Crippen LogP contribution < -0.4 is 19.5 Å². The Kier molecular flexibility index (Phi) is 8.24.